The minimum absolute atomic E-state index is 0.125. The number of rotatable bonds is 6. The van der Waals surface area contributed by atoms with Crippen LogP contribution in [0, 0.1) is 0 Å². The molecule has 0 aliphatic heterocycles. The Bertz CT molecular complexity index is 426. The number of hydrogen-bond acceptors (Lipinski definition) is 1. The first kappa shape index (κ1) is 22.8. The molecule has 0 spiro atoms. The number of hydrogen-bond donors (Lipinski definition) is 1. The van der Waals surface area contributed by atoms with Gasteiger partial charge in [0.2, 0.25) is 0 Å². The Balaban J connectivity index is 0.000000341. The first-order chi connectivity index (χ1) is 10.7. The van der Waals surface area contributed by atoms with Gasteiger partial charge in [-0.05, 0) is 25.2 Å². The van der Waals surface area contributed by atoms with Crippen molar-refractivity contribution in [1.29, 1.82) is 0 Å². The molecule has 0 saturated heterocycles. The van der Waals surface area contributed by atoms with Crippen molar-refractivity contribution < 1.29 is 18.6 Å². The van der Waals surface area contributed by atoms with Crippen molar-refractivity contribution in [2.75, 3.05) is 12.3 Å². The van der Waals surface area contributed by atoms with Gasteiger partial charge >= 0.3 is 40.7 Å². The van der Waals surface area contributed by atoms with Crippen LogP contribution in [0.25, 0.3) is 10.8 Å². The monoisotopic (exact) mass is 628 g/mol. The standard InChI is InChI=1S/C9H7.C8H19OP.2BrH.Ir/c1-2-5-9-7-3-6-8(9)4-1;1-3-5-7-10(9)8-6-4-2;;;/h1-7H;9H,3-8H2,1-2H3;2*1H;/q-1;;;;+3/p-2. The van der Waals surface area contributed by atoms with Gasteiger partial charge < -0.3 is 4.89 Å². The summed E-state index contributed by atoms with van der Waals surface area (Å²) in [6, 6.07) is 14.7. The summed E-state index contributed by atoms with van der Waals surface area (Å²) in [7, 11) is -0.592. The third-order valence-electron chi connectivity index (χ3n) is 3.09. The molecular weight excluding hydrogens is 603 g/mol. The Morgan fingerprint density at radius 3 is 2.09 bits per heavy atom. The molecule has 0 aromatic heterocycles. The Hall–Kier alpha value is 0.829. The number of fused-ring (bicyclic) bond motifs is 1. The molecule has 0 heterocycles. The molecule has 0 saturated carbocycles. The zero-order valence-electron chi connectivity index (χ0n) is 13.3. The summed E-state index contributed by atoms with van der Waals surface area (Å²) in [5.41, 5.74) is 0. The SMILES string of the molecule is CCCCP(O)CCCC.[Br][Ir+][Br].c1ccc2[cH-]ccc2c1. The summed E-state index contributed by atoms with van der Waals surface area (Å²) in [5, 5.41) is 2.66. The van der Waals surface area contributed by atoms with Crippen LogP contribution in [0.15, 0.2) is 42.5 Å². The molecule has 22 heavy (non-hydrogen) atoms. The molecule has 0 aliphatic carbocycles. The van der Waals surface area contributed by atoms with Crippen LogP contribution in [0.2, 0.25) is 0 Å². The van der Waals surface area contributed by atoms with Crippen molar-refractivity contribution in [1.82, 2.24) is 0 Å². The summed E-state index contributed by atoms with van der Waals surface area (Å²) < 4.78 is 0. The first-order valence-corrected chi connectivity index (χ1v) is 19.7. The average Bonchev–Trinajstić information content (AvgIpc) is 3.01. The van der Waals surface area contributed by atoms with E-state index in [9.17, 15) is 4.89 Å². The van der Waals surface area contributed by atoms with E-state index in [2.05, 4.69) is 83.3 Å². The maximum Gasteiger partial charge on any atom is -0.0809 e. The van der Waals surface area contributed by atoms with Crippen LogP contribution in [-0.4, -0.2) is 17.2 Å². The minimum atomic E-state index is -0.592. The maximum atomic E-state index is 9.38. The van der Waals surface area contributed by atoms with Crippen LogP contribution in [-0.2, 0) is 13.7 Å². The van der Waals surface area contributed by atoms with Gasteiger partial charge in [-0.2, -0.15) is 17.5 Å². The minimum Gasteiger partial charge on any atom is -0.168 e. The van der Waals surface area contributed by atoms with Gasteiger partial charge in [0.05, 0.1) is 0 Å². The summed E-state index contributed by atoms with van der Waals surface area (Å²) in [6.07, 6.45) is 6.95. The predicted octanol–water partition coefficient (Wildman–Crippen LogP) is 7.22. The smallest absolute Gasteiger partial charge is 0.0809 e. The second-order valence-electron chi connectivity index (χ2n) is 4.86. The molecule has 0 amide bonds. The quantitative estimate of drug-likeness (QED) is 0.264. The van der Waals surface area contributed by atoms with Gasteiger partial charge in [-0.25, -0.2) is 0 Å². The second kappa shape index (κ2) is 16.7. The van der Waals surface area contributed by atoms with Crippen molar-refractivity contribution in [3.8, 4) is 0 Å². The van der Waals surface area contributed by atoms with Crippen LogP contribution < -0.4 is 0 Å². The molecule has 0 atom stereocenters. The normalized spacial score (nSPS) is 10.1. The molecule has 128 valence electrons. The largest absolute Gasteiger partial charge is 0.168 e. The molecule has 1 nitrogen and oxygen atoms in total. The third kappa shape index (κ3) is 12.3. The van der Waals surface area contributed by atoms with E-state index in [0.29, 0.717) is 0 Å². The Morgan fingerprint density at radius 1 is 1.05 bits per heavy atom. The van der Waals surface area contributed by atoms with Gasteiger partial charge in [0.1, 0.15) is 0 Å². The molecule has 0 aliphatic rings. The molecule has 0 bridgehead atoms. The van der Waals surface area contributed by atoms with Crippen molar-refractivity contribution in [3.63, 3.8) is 0 Å². The maximum absolute atomic E-state index is 9.38. The van der Waals surface area contributed by atoms with Gasteiger partial charge in [-0.1, -0.05) is 32.8 Å². The summed E-state index contributed by atoms with van der Waals surface area (Å²) in [4.78, 5) is 9.38. The summed E-state index contributed by atoms with van der Waals surface area (Å²) in [6.45, 7) is 4.34. The average molecular weight is 629 g/mol. The van der Waals surface area contributed by atoms with Gasteiger partial charge in [-0.15, -0.1) is 29.7 Å². The van der Waals surface area contributed by atoms with E-state index in [4.69, 9.17) is 0 Å². The van der Waals surface area contributed by atoms with Gasteiger partial charge in [-0.3, -0.25) is 0 Å². The third-order valence-corrected chi connectivity index (χ3v) is 4.75. The molecule has 2 aromatic rings. The molecule has 0 unspecified atom stereocenters. The molecule has 5 heteroatoms. The van der Waals surface area contributed by atoms with Crippen molar-refractivity contribution >= 4 is 45.9 Å². The summed E-state index contributed by atoms with van der Waals surface area (Å²) >= 11 is 6.50. The fraction of sp³-hybridized carbons (Fsp3) is 0.471. The van der Waals surface area contributed by atoms with Gasteiger partial charge in [0, 0.05) is 8.15 Å². The van der Waals surface area contributed by atoms with Crippen LogP contribution in [0.4, 0.5) is 0 Å². The van der Waals surface area contributed by atoms with Crippen LogP contribution in [0.3, 0.4) is 0 Å². The molecule has 1 N–H and O–H groups in total. The van der Waals surface area contributed by atoms with Crippen molar-refractivity contribution in [2.45, 2.75) is 39.5 Å². The molecule has 2 aromatic carbocycles. The van der Waals surface area contributed by atoms with E-state index in [-0.39, 0.29) is 13.7 Å². The molecule has 2 rings (SSSR count). The van der Waals surface area contributed by atoms with Crippen molar-refractivity contribution in [3.05, 3.63) is 42.5 Å². The summed E-state index contributed by atoms with van der Waals surface area (Å²) in [5.74, 6) is 0. The van der Waals surface area contributed by atoms with Crippen LogP contribution in [0.5, 0.6) is 0 Å². The molecule has 0 radical (unpaired) electrons. The van der Waals surface area contributed by atoms with E-state index in [1.165, 1.54) is 36.5 Å². The Morgan fingerprint density at radius 2 is 1.59 bits per heavy atom. The predicted molar refractivity (Wildman–Crippen MR) is 106 cm³/mol. The van der Waals surface area contributed by atoms with Gasteiger partial charge in [0.15, 0.2) is 0 Å². The van der Waals surface area contributed by atoms with E-state index in [1.54, 1.807) is 0 Å². The van der Waals surface area contributed by atoms with Gasteiger partial charge in [0.25, 0.3) is 0 Å². The second-order valence-corrected chi connectivity index (χ2v) is 17.2. The van der Waals surface area contributed by atoms with E-state index < -0.39 is 8.15 Å². The van der Waals surface area contributed by atoms with E-state index >= 15 is 0 Å². The topological polar surface area (TPSA) is 20.2 Å². The van der Waals surface area contributed by atoms with Crippen LogP contribution in [0.1, 0.15) is 39.5 Å². The fourth-order valence-electron chi connectivity index (χ4n) is 1.86. The number of benzene rings is 1. The van der Waals surface area contributed by atoms with E-state index in [0.717, 1.165) is 12.3 Å². The Labute approximate surface area is 158 Å². The molecule has 0 fully saturated rings. The number of unbranched alkanes of at least 4 members (excludes halogenated alkanes) is 2. The fourth-order valence-corrected chi connectivity index (χ4v) is 3.45. The molecular formula is C17H26Br2IrOP. The first-order valence-electron chi connectivity index (χ1n) is 7.57. The van der Waals surface area contributed by atoms with Crippen LogP contribution >= 0.6 is 35.1 Å². The number of halogens is 2. The van der Waals surface area contributed by atoms with Crippen molar-refractivity contribution in [2.24, 2.45) is 0 Å². The van der Waals surface area contributed by atoms with E-state index in [1.807, 2.05) is 0 Å². The zero-order chi connectivity index (χ0) is 16.6. The zero-order valence-corrected chi connectivity index (χ0v) is 19.7. The Kier molecular flexibility index (Phi) is 17.3.